The largest absolute Gasteiger partial charge is 0.384 e. The molecule has 1 aliphatic rings. The minimum atomic E-state index is -3.61. The van der Waals surface area contributed by atoms with E-state index in [1.807, 2.05) is 6.92 Å². The van der Waals surface area contributed by atoms with Crippen molar-refractivity contribution >= 4 is 27.3 Å². The number of hydrogen-bond donors (Lipinski definition) is 3. The number of nitrogens with one attached hydrogen (secondary N) is 2. The maximum Gasteiger partial charge on any atom is 0.243 e. The highest BCUT2D eigenvalue weighted by Gasteiger charge is 2.27. The molecule has 0 saturated carbocycles. The van der Waals surface area contributed by atoms with E-state index >= 15 is 0 Å². The van der Waals surface area contributed by atoms with Gasteiger partial charge < -0.3 is 21.1 Å². The molecular weight excluding hydrogens is 332 g/mol. The van der Waals surface area contributed by atoms with Gasteiger partial charge in [0.2, 0.25) is 15.9 Å². The van der Waals surface area contributed by atoms with E-state index in [0.29, 0.717) is 44.2 Å². The van der Waals surface area contributed by atoms with Crippen LogP contribution < -0.4 is 16.4 Å². The fourth-order valence-corrected chi connectivity index (χ4v) is 3.85. The van der Waals surface area contributed by atoms with Gasteiger partial charge >= 0.3 is 0 Å². The molecule has 24 heavy (non-hydrogen) atoms. The summed E-state index contributed by atoms with van der Waals surface area (Å²) in [4.78, 5) is 12.0. The van der Waals surface area contributed by atoms with E-state index in [4.69, 9.17) is 10.5 Å². The first kappa shape index (κ1) is 18.7. The Morgan fingerprint density at radius 3 is 2.62 bits per heavy atom. The summed E-state index contributed by atoms with van der Waals surface area (Å²) in [6.07, 6.45) is 0.173. The molecule has 0 unspecified atom stereocenters. The van der Waals surface area contributed by atoms with Crippen molar-refractivity contribution in [2.45, 2.75) is 18.2 Å². The summed E-state index contributed by atoms with van der Waals surface area (Å²) in [5.41, 5.74) is 6.49. The van der Waals surface area contributed by atoms with Gasteiger partial charge in [0.15, 0.2) is 0 Å². The van der Waals surface area contributed by atoms with Gasteiger partial charge in [0.05, 0.1) is 29.5 Å². The minimum Gasteiger partial charge on any atom is -0.384 e. The summed E-state index contributed by atoms with van der Waals surface area (Å²) in [5, 5.41) is 5.83. The van der Waals surface area contributed by atoms with Crippen LogP contribution >= 0.6 is 0 Å². The summed E-state index contributed by atoms with van der Waals surface area (Å²) in [6, 6.07) is 4.69. The van der Waals surface area contributed by atoms with Crippen molar-refractivity contribution < 1.29 is 17.9 Å². The topological polar surface area (TPSA) is 114 Å². The van der Waals surface area contributed by atoms with Gasteiger partial charge in [-0.25, -0.2) is 8.42 Å². The Bertz CT molecular complexity index is 672. The van der Waals surface area contributed by atoms with Crippen molar-refractivity contribution in [3.63, 3.8) is 0 Å². The highest BCUT2D eigenvalue weighted by atomic mass is 32.2. The monoisotopic (exact) mass is 356 g/mol. The van der Waals surface area contributed by atoms with Gasteiger partial charge in [-0.2, -0.15) is 4.31 Å². The van der Waals surface area contributed by atoms with Crippen molar-refractivity contribution in [1.29, 1.82) is 0 Å². The Balaban J connectivity index is 2.31. The first-order chi connectivity index (χ1) is 11.5. The van der Waals surface area contributed by atoms with Crippen LogP contribution in [0.15, 0.2) is 23.1 Å². The normalized spacial score (nSPS) is 15.9. The van der Waals surface area contributed by atoms with Gasteiger partial charge in [-0.15, -0.1) is 0 Å². The van der Waals surface area contributed by atoms with E-state index in [1.54, 1.807) is 12.1 Å². The summed E-state index contributed by atoms with van der Waals surface area (Å²) < 4.78 is 32.1. The molecule has 1 aromatic carbocycles. The lowest BCUT2D eigenvalue weighted by molar-refractivity contribution is -0.116. The maximum atomic E-state index is 12.7. The zero-order valence-electron chi connectivity index (χ0n) is 13.7. The second kappa shape index (κ2) is 8.43. The van der Waals surface area contributed by atoms with Gasteiger partial charge in [0.25, 0.3) is 0 Å². The predicted octanol–water partition coefficient (Wildman–Crippen LogP) is 0.427. The third-order valence-electron chi connectivity index (χ3n) is 3.61. The quantitative estimate of drug-likeness (QED) is 0.653. The van der Waals surface area contributed by atoms with Crippen LogP contribution in [0.1, 0.15) is 13.3 Å². The second-order valence-corrected chi connectivity index (χ2v) is 7.28. The van der Waals surface area contributed by atoms with Crippen LogP contribution in [-0.4, -0.2) is 58.0 Å². The average molecular weight is 356 g/mol. The van der Waals surface area contributed by atoms with Crippen LogP contribution in [0, 0.1) is 0 Å². The van der Waals surface area contributed by atoms with Gasteiger partial charge in [0, 0.05) is 32.6 Å². The molecule has 1 heterocycles. The van der Waals surface area contributed by atoms with E-state index < -0.39 is 10.0 Å². The van der Waals surface area contributed by atoms with E-state index in [1.165, 1.54) is 10.4 Å². The summed E-state index contributed by atoms with van der Waals surface area (Å²) >= 11 is 0. The first-order valence-corrected chi connectivity index (χ1v) is 9.38. The van der Waals surface area contributed by atoms with Crippen LogP contribution in [-0.2, 0) is 19.6 Å². The molecule has 1 amide bonds. The van der Waals surface area contributed by atoms with Gasteiger partial charge in [-0.3, -0.25) is 4.79 Å². The number of carbonyl (C=O) groups is 1. The molecule has 0 spiro atoms. The average Bonchev–Trinajstić information content (AvgIpc) is 2.57. The van der Waals surface area contributed by atoms with Crippen LogP contribution in [0.3, 0.4) is 0 Å². The molecule has 0 aliphatic carbocycles. The first-order valence-electron chi connectivity index (χ1n) is 7.94. The number of nitrogens with two attached hydrogens (primary N) is 1. The molecular formula is C15H24N4O4S. The Morgan fingerprint density at radius 1 is 1.29 bits per heavy atom. The summed E-state index contributed by atoms with van der Waals surface area (Å²) in [6.45, 7) is 4.22. The Labute approximate surface area is 142 Å². The van der Waals surface area contributed by atoms with Crippen LogP contribution in [0.4, 0.5) is 11.4 Å². The molecule has 134 valence electrons. The Hall–Kier alpha value is -1.68. The van der Waals surface area contributed by atoms with E-state index in [2.05, 4.69) is 10.6 Å². The molecule has 8 nitrogen and oxygen atoms in total. The lowest BCUT2D eigenvalue weighted by atomic mass is 10.2. The molecule has 1 aliphatic heterocycles. The molecule has 1 saturated heterocycles. The highest BCUT2D eigenvalue weighted by molar-refractivity contribution is 7.89. The fraction of sp³-hybridized carbons (Fsp3) is 0.533. The number of morpholine rings is 1. The molecule has 1 fully saturated rings. The molecule has 0 aromatic heterocycles. The lowest BCUT2D eigenvalue weighted by Crippen LogP contribution is -2.40. The zero-order chi connectivity index (χ0) is 17.6. The predicted molar refractivity (Wildman–Crippen MR) is 92.5 cm³/mol. The van der Waals surface area contributed by atoms with Crippen molar-refractivity contribution in [3.8, 4) is 0 Å². The van der Waals surface area contributed by atoms with Crippen LogP contribution in [0.25, 0.3) is 0 Å². The standard InChI is InChI=1S/C15H24N4O4S/c1-2-17-13-4-3-12(11-14(13)18-15(20)5-6-16)24(21,22)19-7-9-23-10-8-19/h3-4,11,17H,2,5-10,16H2,1H3,(H,18,20). The summed E-state index contributed by atoms with van der Waals surface area (Å²) in [7, 11) is -3.61. The van der Waals surface area contributed by atoms with Crippen molar-refractivity contribution in [1.82, 2.24) is 4.31 Å². The molecule has 0 radical (unpaired) electrons. The molecule has 4 N–H and O–H groups in total. The molecule has 2 rings (SSSR count). The van der Waals surface area contributed by atoms with Crippen molar-refractivity contribution in [2.24, 2.45) is 5.73 Å². The number of hydrogen-bond acceptors (Lipinski definition) is 6. The summed E-state index contributed by atoms with van der Waals surface area (Å²) in [5.74, 6) is -0.252. The van der Waals surface area contributed by atoms with E-state index in [9.17, 15) is 13.2 Å². The minimum absolute atomic E-state index is 0.147. The second-order valence-electron chi connectivity index (χ2n) is 5.34. The third-order valence-corrected chi connectivity index (χ3v) is 5.51. The zero-order valence-corrected chi connectivity index (χ0v) is 14.6. The fourth-order valence-electron chi connectivity index (χ4n) is 2.41. The SMILES string of the molecule is CCNc1ccc(S(=O)(=O)N2CCOCC2)cc1NC(=O)CCN. The van der Waals surface area contributed by atoms with Crippen molar-refractivity contribution in [2.75, 3.05) is 50.0 Å². The Kier molecular flexibility index (Phi) is 6.55. The van der Waals surface area contributed by atoms with Crippen LogP contribution in [0.2, 0.25) is 0 Å². The van der Waals surface area contributed by atoms with E-state index in [-0.39, 0.29) is 23.8 Å². The third kappa shape index (κ3) is 4.44. The number of amides is 1. The number of rotatable bonds is 7. The number of sulfonamides is 1. The molecule has 0 atom stereocenters. The maximum absolute atomic E-state index is 12.7. The van der Waals surface area contributed by atoms with E-state index in [0.717, 1.165) is 0 Å². The van der Waals surface area contributed by atoms with Gasteiger partial charge in [-0.05, 0) is 25.1 Å². The number of benzene rings is 1. The molecule has 0 bridgehead atoms. The molecule has 9 heteroatoms. The number of carbonyl (C=O) groups excluding carboxylic acids is 1. The Morgan fingerprint density at radius 2 is 2.00 bits per heavy atom. The smallest absolute Gasteiger partial charge is 0.243 e. The van der Waals surface area contributed by atoms with Gasteiger partial charge in [0.1, 0.15) is 0 Å². The molecule has 1 aromatic rings. The van der Waals surface area contributed by atoms with Crippen molar-refractivity contribution in [3.05, 3.63) is 18.2 Å². The number of nitrogens with zero attached hydrogens (tertiary/aromatic N) is 1. The van der Waals surface area contributed by atoms with Crippen LogP contribution in [0.5, 0.6) is 0 Å². The van der Waals surface area contributed by atoms with Gasteiger partial charge in [-0.1, -0.05) is 0 Å². The number of anilines is 2. The lowest BCUT2D eigenvalue weighted by Gasteiger charge is -2.26. The number of ether oxygens (including phenoxy) is 1. The highest BCUT2D eigenvalue weighted by Crippen LogP contribution is 2.27.